The van der Waals surface area contributed by atoms with Crippen LogP contribution in [0.25, 0.3) is 22.4 Å². The molecule has 3 heterocycles. The van der Waals surface area contributed by atoms with Crippen molar-refractivity contribution in [3.05, 3.63) is 34.2 Å². The van der Waals surface area contributed by atoms with E-state index in [1.807, 2.05) is 32.8 Å². The van der Waals surface area contributed by atoms with Crippen molar-refractivity contribution >= 4 is 27.0 Å². The van der Waals surface area contributed by atoms with Crippen LogP contribution in [0.4, 0.5) is 0 Å². The second-order valence-electron chi connectivity index (χ2n) is 11.7. The van der Waals surface area contributed by atoms with Crippen molar-refractivity contribution in [2.24, 2.45) is 13.0 Å². The number of hydrogen-bond acceptors (Lipinski definition) is 9. The smallest absolute Gasteiger partial charge is 0.305 e. The number of piperidine rings is 1. The number of hydrogen-bond donors (Lipinski definition) is 1. The Labute approximate surface area is 259 Å². The molecule has 0 aliphatic carbocycles. The number of rotatable bonds is 15. The van der Waals surface area contributed by atoms with Gasteiger partial charge in [0.25, 0.3) is 5.56 Å². The van der Waals surface area contributed by atoms with E-state index in [1.54, 1.807) is 25.2 Å². The Morgan fingerprint density at radius 3 is 2.57 bits per heavy atom. The van der Waals surface area contributed by atoms with Crippen molar-refractivity contribution in [2.45, 2.75) is 70.1 Å². The lowest BCUT2D eigenvalue weighted by molar-refractivity contribution is -0.144. The predicted molar refractivity (Wildman–Crippen MR) is 169 cm³/mol. The molecule has 1 saturated heterocycles. The van der Waals surface area contributed by atoms with Crippen LogP contribution in [0.15, 0.2) is 27.9 Å². The second-order valence-corrected chi connectivity index (χ2v) is 13.6. The summed E-state index contributed by atoms with van der Waals surface area (Å²) >= 11 is 0. The molecule has 0 radical (unpaired) electrons. The first-order chi connectivity index (χ1) is 21.0. The topological polar surface area (TPSA) is 140 Å². The van der Waals surface area contributed by atoms with Crippen LogP contribution in [0.2, 0.25) is 0 Å². The second kappa shape index (κ2) is 15.1. The lowest BCUT2D eigenvalue weighted by Crippen LogP contribution is -2.38. The number of H-pyrrole nitrogens is 1. The van der Waals surface area contributed by atoms with Crippen LogP contribution in [0.1, 0.15) is 64.5 Å². The Hall–Kier alpha value is -3.29. The molecule has 0 spiro atoms. The van der Waals surface area contributed by atoms with Crippen molar-refractivity contribution in [1.82, 2.24) is 29.0 Å². The number of esters is 1. The van der Waals surface area contributed by atoms with Crippen molar-refractivity contribution in [2.75, 3.05) is 46.9 Å². The maximum atomic E-state index is 13.8. The van der Waals surface area contributed by atoms with Gasteiger partial charge >= 0.3 is 5.97 Å². The first-order valence-corrected chi connectivity index (χ1v) is 17.0. The number of ether oxygens (including phenoxy) is 2. The lowest BCUT2D eigenvalue weighted by Gasteiger charge is -2.31. The monoisotopic (exact) mass is 630 g/mol. The number of nitrogens with one attached hydrogen (secondary N) is 1. The molecule has 0 bridgehead atoms. The molecule has 4 rings (SSSR count). The van der Waals surface area contributed by atoms with Gasteiger partial charge < -0.3 is 19.4 Å². The maximum Gasteiger partial charge on any atom is 0.305 e. The van der Waals surface area contributed by atoms with Crippen LogP contribution in [-0.4, -0.2) is 90.3 Å². The van der Waals surface area contributed by atoms with Crippen LogP contribution in [0.3, 0.4) is 0 Å². The van der Waals surface area contributed by atoms with Gasteiger partial charge in [0.15, 0.2) is 5.52 Å². The molecule has 0 atom stereocenters. The molecular weight excluding hydrogens is 584 g/mol. The normalized spacial score (nSPS) is 14.9. The Morgan fingerprint density at radius 1 is 1.14 bits per heavy atom. The van der Waals surface area contributed by atoms with Crippen molar-refractivity contribution in [3.63, 3.8) is 0 Å². The minimum atomic E-state index is -3.83. The number of nitrogens with zero attached hydrogens (tertiary/aromatic N) is 5. The third-order valence-corrected chi connectivity index (χ3v) is 9.79. The minimum Gasteiger partial charge on any atom is -0.493 e. The molecule has 1 fully saturated rings. The standard InChI is InChI=1S/C31H46N6O6S/c1-6-9-25-28-29(36(5)34-25)31(39)33-30(32-28)24-21-23(11-12-26(24)42-19-7-2)44(40,41)37-17-14-22(15-18-37)10-13-27(38)43-20-8-16-35(3)4/h11-12,21-22H,6-10,13-20H2,1-5H3,(H,32,33,39). The number of fused-ring (bicyclic) bond motifs is 1. The molecule has 12 nitrogen and oxygen atoms in total. The van der Waals surface area contributed by atoms with Gasteiger partial charge in [0.2, 0.25) is 10.0 Å². The zero-order valence-electron chi connectivity index (χ0n) is 26.6. The number of aryl methyl sites for hydroxylation is 2. The van der Waals surface area contributed by atoms with E-state index in [0.717, 1.165) is 31.5 Å². The maximum absolute atomic E-state index is 13.8. The fraction of sp³-hybridized carbons (Fsp3) is 0.613. The molecule has 242 valence electrons. The SMILES string of the molecule is CCCOc1ccc(S(=O)(=O)N2CCC(CCC(=O)OCCCN(C)C)CC2)cc1-c1nc2c(CCC)nn(C)c2c(=O)[nH]1. The van der Waals surface area contributed by atoms with Gasteiger partial charge in [0, 0.05) is 33.1 Å². The summed E-state index contributed by atoms with van der Waals surface area (Å²) in [6, 6.07) is 4.72. The van der Waals surface area contributed by atoms with E-state index in [0.29, 0.717) is 80.8 Å². The molecule has 1 N–H and O–H groups in total. The number of aromatic amines is 1. The predicted octanol–water partition coefficient (Wildman–Crippen LogP) is 3.74. The lowest BCUT2D eigenvalue weighted by atomic mass is 9.93. The fourth-order valence-corrected chi connectivity index (χ4v) is 7.02. The van der Waals surface area contributed by atoms with Gasteiger partial charge in [-0.05, 0) is 76.7 Å². The summed E-state index contributed by atoms with van der Waals surface area (Å²) in [4.78, 5) is 35.0. The Bertz CT molecular complexity index is 1590. The van der Waals surface area contributed by atoms with Gasteiger partial charge in [-0.2, -0.15) is 9.40 Å². The van der Waals surface area contributed by atoms with Gasteiger partial charge in [-0.3, -0.25) is 14.3 Å². The van der Waals surface area contributed by atoms with Gasteiger partial charge in [-0.1, -0.05) is 20.3 Å². The number of aromatic nitrogens is 4. The van der Waals surface area contributed by atoms with E-state index in [9.17, 15) is 18.0 Å². The summed E-state index contributed by atoms with van der Waals surface area (Å²) < 4.78 is 41.9. The van der Waals surface area contributed by atoms with E-state index in [-0.39, 0.29) is 28.2 Å². The Morgan fingerprint density at radius 2 is 1.89 bits per heavy atom. The highest BCUT2D eigenvalue weighted by Crippen LogP contribution is 2.33. The zero-order valence-corrected chi connectivity index (χ0v) is 27.4. The van der Waals surface area contributed by atoms with Crippen molar-refractivity contribution in [1.29, 1.82) is 0 Å². The number of benzene rings is 1. The highest BCUT2D eigenvalue weighted by molar-refractivity contribution is 7.89. The largest absolute Gasteiger partial charge is 0.493 e. The van der Waals surface area contributed by atoms with Crippen LogP contribution >= 0.6 is 0 Å². The molecule has 1 aliphatic heterocycles. The zero-order chi connectivity index (χ0) is 31.9. The van der Waals surface area contributed by atoms with Gasteiger partial charge in [-0.25, -0.2) is 13.4 Å². The molecular formula is C31H46N6O6S. The molecule has 0 amide bonds. The van der Waals surface area contributed by atoms with E-state index in [1.165, 1.54) is 8.99 Å². The average molecular weight is 631 g/mol. The summed E-state index contributed by atoms with van der Waals surface area (Å²) in [7, 11) is 1.85. The van der Waals surface area contributed by atoms with E-state index in [4.69, 9.17) is 14.5 Å². The third-order valence-electron chi connectivity index (χ3n) is 7.90. The van der Waals surface area contributed by atoms with Gasteiger partial charge in [0.1, 0.15) is 17.1 Å². The van der Waals surface area contributed by atoms with E-state index in [2.05, 4.69) is 10.1 Å². The van der Waals surface area contributed by atoms with Crippen LogP contribution in [0, 0.1) is 5.92 Å². The third kappa shape index (κ3) is 8.05. The molecule has 1 aliphatic rings. The Balaban J connectivity index is 1.50. The summed E-state index contributed by atoms with van der Waals surface area (Å²) in [6.45, 7) is 6.45. The highest BCUT2D eigenvalue weighted by atomic mass is 32.2. The fourth-order valence-electron chi connectivity index (χ4n) is 5.52. The number of sulfonamides is 1. The molecule has 0 saturated carbocycles. The van der Waals surface area contributed by atoms with Crippen molar-refractivity contribution < 1.29 is 22.7 Å². The molecule has 3 aromatic rings. The van der Waals surface area contributed by atoms with E-state index >= 15 is 0 Å². The van der Waals surface area contributed by atoms with Crippen molar-refractivity contribution in [3.8, 4) is 17.1 Å². The summed E-state index contributed by atoms with van der Waals surface area (Å²) in [6.07, 6.45) is 5.43. The first-order valence-electron chi connectivity index (χ1n) is 15.6. The Kier molecular flexibility index (Phi) is 11.6. The average Bonchev–Trinajstić information content (AvgIpc) is 3.32. The van der Waals surface area contributed by atoms with Gasteiger partial charge in [-0.15, -0.1) is 0 Å². The quantitative estimate of drug-likeness (QED) is 0.196. The molecule has 44 heavy (non-hydrogen) atoms. The summed E-state index contributed by atoms with van der Waals surface area (Å²) in [5.41, 5.74) is 1.65. The summed E-state index contributed by atoms with van der Waals surface area (Å²) in [5.74, 6) is 0.744. The highest BCUT2D eigenvalue weighted by Gasteiger charge is 2.31. The van der Waals surface area contributed by atoms with E-state index < -0.39 is 10.0 Å². The van der Waals surface area contributed by atoms with Crippen LogP contribution < -0.4 is 10.3 Å². The molecule has 1 aromatic carbocycles. The summed E-state index contributed by atoms with van der Waals surface area (Å²) in [5, 5.41) is 4.49. The van der Waals surface area contributed by atoms with Crippen LogP contribution in [0.5, 0.6) is 5.75 Å². The van der Waals surface area contributed by atoms with Crippen LogP contribution in [-0.2, 0) is 33.0 Å². The first kappa shape index (κ1) is 33.6. The molecule has 0 unspecified atom stereocenters. The number of carbonyl (C=O) groups is 1. The van der Waals surface area contributed by atoms with Gasteiger partial charge in [0.05, 0.1) is 29.4 Å². The number of carbonyl (C=O) groups excluding carboxylic acids is 1. The minimum absolute atomic E-state index is 0.110. The molecule has 2 aromatic heterocycles. The molecule has 13 heteroatoms.